The summed E-state index contributed by atoms with van der Waals surface area (Å²) in [7, 11) is -3.77. The largest absolute Gasteiger partial charge is 0.301 e. The highest BCUT2D eigenvalue weighted by Crippen LogP contribution is 2.19. The minimum absolute atomic E-state index is 0.00394. The van der Waals surface area contributed by atoms with Crippen molar-refractivity contribution < 1.29 is 8.42 Å². The lowest BCUT2D eigenvalue weighted by molar-refractivity contribution is 0.598. The zero-order chi connectivity index (χ0) is 17.3. The van der Waals surface area contributed by atoms with E-state index >= 15 is 0 Å². The molecule has 1 aromatic carbocycles. The normalized spacial score (nSPS) is 11.7. The van der Waals surface area contributed by atoms with Crippen molar-refractivity contribution in [3.8, 4) is 5.69 Å². The number of fused-ring (bicyclic) bond motifs is 1. The maximum absolute atomic E-state index is 12.1. The van der Waals surface area contributed by atoms with Crippen LogP contribution in [0.25, 0.3) is 16.7 Å². The molecule has 0 spiro atoms. The van der Waals surface area contributed by atoms with E-state index in [4.69, 9.17) is 5.14 Å². The Morgan fingerprint density at radius 3 is 2.67 bits per heavy atom. The number of hydrogen-bond donors (Lipinski definition) is 2. The Kier molecular flexibility index (Phi) is 4.26. The molecule has 0 saturated heterocycles. The van der Waals surface area contributed by atoms with Crippen LogP contribution in [-0.2, 0) is 10.0 Å². The Hall–Kier alpha value is -2.43. The lowest BCUT2D eigenvalue weighted by Crippen LogP contribution is -2.12. The van der Waals surface area contributed by atoms with Gasteiger partial charge in [0, 0.05) is 5.75 Å². The van der Waals surface area contributed by atoms with Gasteiger partial charge in [-0.25, -0.2) is 23.2 Å². The molecule has 2 aromatic heterocycles. The highest BCUT2D eigenvalue weighted by molar-refractivity contribution is 7.99. The molecule has 0 radical (unpaired) electrons. The maximum atomic E-state index is 12.1. The van der Waals surface area contributed by atoms with Gasteiger partial charge < -0.3 is 4.98 Å². The van der Waals surface area contributed by atoms with Crippen molar-refractivity contribution in [2.45, 2.75) is 10.1 Å². The second-order valence-corrected chi connectivity index (χ2v) is 7.37. The van der Waals surface area contributed by atoms with E-state index in [1.807, 2.05) is 0 Å². The second kappa shape index (κ2) is 6.23. The quantitative estimate of drug-likeness (QED) is 0.396. The van der Waals surface area contributed by atoms with Gasteiger partial charge in [0.05, 0.1) is 16.8 Å². The molecule has 0 aliphatic rings. The average Bonchev–Trinajstić information content (AvgIpc) is 2.96. The Morgan fingerprint density at radius 2 is 2.04 bits per heavy atom. The van der Waals surface area contributed by atoms with Crippen LogP contribution in [-0.4, -0.2) is 33.9 Å². The third kappa shape index (κ3) is 3.11. The summed E-state index contributed by atoms with van der Waals surface area (Å²) in [4.78, 5) is 19.2. The predicted molar refractivity (Wildman–Crippen MR) is 91.8 cm³/mol. The average molecular weight is 363 g/mol. The first-order valence-electron chi connectivity index (χ1n) is 6.75. The van der Waals surface area contributed by atoms with Crippen molar-refractivity contribution in [1.82, 2.24) is 19.7 Å². The summed E-state index contributed by atoms with van der Waals surface area (Å²) in [5.41, 5.74) is 0.655. The van der Waals surface area contributed by atoms with E-state index in [-0.39, 0.29) is 10.5 Å². The second-order valence-electron chi connectivity index (χ2n) is 4.80. The van der Waals surface area contributed by atoms with Crippen LogP contribution in [0, 0.1) is 0 Å². The van der Waals surface area contributed by atoms with Crippen LogP contribution >= 0.6 is 11.8 Å². The van der Waals surface area contributed by atoms with Crippen LogP contribution in [0.2, 0.25) is 0 Å². The SMILES string of the molecule is C=CCSc1nc2c(cnn2-c2ccc(S(N)(=O)=O)cc2)c(=O)[nH]1. The van der Waals surface area contributed by atoms with Gasteiger partial charge in [-0.2, -0.15) is 5.10 Å². The lowest BCUT2D eigenvalue weighted by atomic mass is 10.3. The molecule has 3 N–H and O–H groups in total. The number of sulfonamides is 1. The zero-order valence-electron chi connectivity index (χ0n) is 12.3. The fourth-order valence-electron chi connectivity index (χ4n) is 2.07. The minimum atomic E-state index is -3.77. The number of aromatic nitrogens is 4. The summed E-state index contributed by atoms with van der Waals surface area (Å²) in [6.45, 7) is 3.63. The molecular weight excluding hydrogens is 350 g/mol. The molecule has 0 fully saturated rings. The molecule has 3 rings (SSSR count). The Balaban J connectivity index is 2.11. The molecule has 0 aliphatic heterocycles. The highest BCUT2D eigenvalue weighted by atomic mass is 32.2. The van der Waals surface area contributed by atoms with Crippen molar-refractivity contribution in [3.63, 3.8) is 0 Å². The van der Waals surface area contributed by atoms with Crippen molar-refractivity contribution in [2.75, 3.05) is 5.75 Å². The van der Waals surface area contributed by atoms with Crippen LogP contribution in [0.3, 0.4) is 0 Å². The summed E-state index contributed by atoms with van der Waals surface area (Å²) in [5, 5.41) is 10.0. The van der Waals surface area contributed by atoms with E-state index in [1.165, 1.54) is 34.8 Å². The summed E-state index contributed by atoms with van der Waals surface area (Å²) < 4.78 is 24.1. The summed E-state index contributed by atoms with van der Waals surface area (Å²) in [6, 6.07) is 5.84. The van der Waals surface area contributed by atoms with Crippen molar-refractivity contribution >= 4 is 32.8 Å². The zero-order valence-corrected chi connectivity index (χ0v) is 14.0. The van der Waals surface area contributed by atoms with Gasteiger partial charge in [0.15, 0.2) is 10.8 Å². The topological polar surface area (TPSA) is 124 Å². The number of nitrogens with one attached hydrogen (secondary N) is 1. The van der Waals surface area contributed by atoms with Crippen LogP contribution in [0.4, 0.5) is 0 Å². The molecule has 0 bridgehead atoms. The van der Waals surface area contributed by atoms with Crippen LogP contribution in [0.5, 0.6) is 0 Å². The van der Waals surface area contributed by atoms with Crippen LogP contribution < -0.4 is 10.7 Å². The number of primary sulfonamides is 1. The van der Waals surface area contributed by atoms with E-state index < -0.39 is 10.0 Å². The van der Waals surface area contributed by atoms with Crippen LogP contribution in [0.1, 0.15) is 0 Å². The van der Waals surface area contributed by atoms with E-state index in [2.05, 4.69) is 21.6 Å². The van der Waals surface area contributed by atoms with E-state index in [0.717, 1.165) is 0 Å². The van der Waals surface area contributed by atoms with Gasteiger partial charge in [0.2, 0.25) is 10.0 Å². The monoisotopic (exact) mass is 363 g/mol. The van der Waals surface area contributed by atoms with Gasteiger partial charge >= 0.3 is 0 Å². The fourth-order valence-corrected chi connectivity index (χ4v) is 3.18. The third-order valence-electron chi connectivity index (χ3n) is 3.16. The van der Waals surface area contributed by atoms with Crippen molar-refractivity contribution in [1.29, 1.82) is 0 Å². The number of nitrogens with zero attached hydrogens (tertiary/aromatic N) is 3. The molecule has 3 aromatic rings. The molecule has 24 heavy (non-hydrogen) atoms. The van der Waals surface area contributed by atoms with Gasteiger partial charge in [-0.1, -0.05) is 17.8 Å². The Bertz CT molecular complexity index is 1070. The number of nitrogens with two attached hydrogens (primary N) is 1. The number of thioether (sulfide) groups is 1. The highest BCUT2D eigenvalue weighted by Gasteiger charge is 2.13. The van der Waals surface area contributed by atoms with Gasteiger partial charge in [-0.15, -0.1) is 6.58 Å². The molecular formula is C14H13N5O3S2. The lowest BCUT2D eigenvalue weighted by Gasteiger charge is -2.05. The molecule has 2 heterocycles. The first-order chi connectivity index (χ1) is 11.4. The summed E-state index contributed by atoms with van der Waals surface area (Å²) in [6.07, 6.45) is 3.12. The van der Waals surface area contributed by atoms with Crippen LogP contribution in [0.15, 0.2) is 58.0 Å². The van der Waals surface area contributed by atoms with Gasteiger partial charge in [-0.05, 0) is 24.3 Å². The third-order valence-corrected chi connectivity index (χ3v) is 4.96. The number of benzene rings is 1. The number of hydrogen-bond acceptors (Lipinski definition) is 6. The molecule has 8 nitrogen and oxygen atoms in total. The molecule has 10 heteroatoms. The summed E-state index contributed by atoms with van der Waals surface area (Å²) in [5.74, 6) is 0.603. The van der Waals surface area contributed by atoms with E-state index in [0.29, 0.717) is 27.6 Å². The molecule has 0 atom stereocenters. The fraction of sp³-hybridized carbons (Fsp3) is 0.0714. The van der Waals surface area contributed by atoms with Crippen molar-refractivity contribution in [3.05, 3.63) is 53.5 Å². The molecule has 0 saturated carbocycles. The molecule has 0 aliphatic carbocycles. The standard InChI is InChI=1S/C14H13N5O3S2/c1-2-7-23-14-17-12-11(13(20)18-14)8-16-19(12)9-3-5-10(6-4-9)24(15,21)22/h2-6,8H,1,7H2,(H2,15,21,22)(H,17,18,20). The first kappa shape index (κ1) is 16.4. The van der Waals surface area contributed by atoms with E-state index in [9.17, 15) is 13.2 Å². The van der Waals surface area contributed by atoms with E-state index in [1.54, 1.807) is 18.2 Å². The minimum Gasteiger partial charge on any atom is -0.301 e. The van der Waals surface area contributed by atoms with Gasteiger partial charge in [-0.3, -0.25) is 4.79 Å². The first-order valence-corrected chi connectivity index (χ1v) is 9.28. The van der Waals surface area contributed by atoms with Crippen molar-refractivity contribution in [2.24, 2.45) is 5.14 Å². The number of rotatable bonds is 5. The van der Waals surface area contributed by atoms with Gasteiger partial charge in [0.1, 0.15) is 5.39 Å². The van der Waals surface area contributed by atoms with Gasteiger partial charge in [0.25, 0.3) is 5.56 Å². The Morgan fingerprint density at radius 1 is 1.33 bits per heavy atom. The maximum Gasteiger partial charge on any atom is 0.262 e. The number of H-pyrrole nitrogens is 1. The smallest absolute Gasteiger partial charge is 0.262 e. The summed E-state index contributed by atoms with van der Waals surface area (Å²) >= 11 is 1.34. The predicted octanol–water partition coefficient (Wildman–Crippen LogP) is 1.03. The molecule has 0 unspecified atom stereocenters. The Labute approximate surface area is 141 Å². The molecule has 124 valence electrons. The number of aromatic amines is 1. The molecule has 0 amide bonds.